The zero-order valence-corrected chi connectivity index (χ0v) is 13.1. The van der Waals surface area contributed by atoms with Gasteiger partial charge in [-0.1, -0.05) is 19.9 Å². The molecule has 0 bridgehead atoms. The summed E-state index contributed by atoms with van der Waals surface area (Å²) in [4.78, 5) is 26.0. The molecule has 0 saturated carbocycles. The van der Waals surface area contributed by atoms with Crippen LogP contribution in [0.1, 0.15) is 26.7 Å². The van der Waals surface area contributed by atoms with Crippen molar-refractivity contribution in [2.24, 2.45) is 11.8 Å². The van der Waals surface area contributed by atoms with E-state index < -0.39 is 11.7 Å². The first kappa shape index (κ1) is 15.2. The number of benzene rings is 1. The van der Waals surface area contributed by atoms with Gasteiger partial charge in [0.15, 0.2) is 0 Å². The van der Waals surface area contributed by atoms with Crippen LogP contribution in [0.25, 0.3) is 0 Å². The van der Waals surface area contributed by atoms with Crippen molar-refractivity contribution in [1.82, 2.24) is 0 Å². The van der Waals surface area contributed by atoms with Crippen LogP contribution in [0.4, 0.5) is 10.1 Å². The molecule has 1 heterocycles. The second-order valence-corrected chi connectivity index (χ2v) is 6.17. The number of carbonyl (C=O) groups is 2. The van der Waals surface area contributed by atoms with Crippen molar-refractivity contribution in [2.75, 3.05) is 11.4 Å². The molecular weight excluding hydrogens is 325 g/mol. The summed E-state index contributed by atoms with van der Waals surface area (Å²) in [6, 6.07) is 4.59. The Balaban J connectivity index is 2.34. The van der Waals surface area contributed by atoms with E-state index in [1.165, 1.54) is 11.0 Å². The molecule has 1 saturated heterocycles. The van der Waals surface area contributed by atoms with E-state index in [1.807, 2.05) is 0 Å². The molecule has 1 aromatic carbocycles. The molecule has 1 aromatic rings. The van der Waals surface area contributed by atoms with E-state index in [9.17, 15) is 14.0 Å². The summed E-state index contributed by atoms with van der Waals surface area (Å²) in [6.07, 6.45) is 1.26. The number of hydrogen-bond acceptors (Lipinski definition) is 2. The van der Waals surface area contributed by atoms with Gasteiger partial charge in [-0.2, -0.15) is 0 Å². The van der Waals surface area contributed by atoms with Crippen LogP contribution in [-0.2, 0) is 9.59 Å². The number of nitrogens with zero attached hydrogens (tertiary/aromatic N) is 1. The Morgan fingerprint density at radius 1 is 1.45 bits per heavy atom. The van der Waals surface area contributed by atoms with E-state index in [0.717, 1.165) is 0 Å². The highest BCUT2D eigenvalue weighted by Gasteiger charge is 2.36. The van der Waals surface area contributed by atoms with Gasteiger partial charge >= 0.3 is 0 Å². The monoisotopic (exact) mass is 341 g/mol. The van der Waals surface area contributed by atoms with Crippen LogP contribution in [0.3, 0.4) is 0 Å². The topological polar surface area (TPSA) is 37.4 Å². The third kappa shape index (κ3) is 2.77. The fourth-order valence-corrected chi connectivity index (χ4v) is 3.07. The fourth-order valence-electron chi connectivity index (χ4n) is 2.51. The first-order chi connectivity index (χ1) is 9.43. The first-order valence-electron chi connectivity index (χ1n) is 6.72. The van der Waals surface area contributed by atoms with Gasteiger partial charge in [-0.3, -0.25) is 9.59 Å². The van der Waals surface area contributed by atoms with Crippen molar-refractivity contribution < 1.29 is 14.0 Å². The summed E-state index contributed by atoms with van der Waals surface area (Å²) in [5, 5.41) is 0. The Kier molecular flexibility index (Phi) is 4.58. The summed E-state index contributed by atoms with van der Waals surface area (Å²) >= 11 is 3.28. The molecule has 20 heavy (non-hydrogen) atoms. The molecule has 1 atom stereocenters. The van der Waals surface area contributed by atoms with E-state index in [2.05, 4.69) is 15.9 Å². The van der Waals surface area contributed by atoms with Crippen LogP contribution in [-0.4, -0.2) is 18.2 Å². The minimum atomic E-state index is -0.643. The number of ketones is 1. The number of hydrogen-bond donors (Lipinski definition) is 0. The van der Waals surface area contributed by atoms with Gasteiger partial charge in [-0.25, -0.2) is 4.39 Å². The van der Waals surface area contributed by atoms with Crippen LogP contribution in [0, 0.1) is 17.7 Å². The predicted molar refractivity (Wildman–Crippen MR) is 79.0 cm³/mol. The number of halogens is 2. The maximum absolute atomic E-state index is 14.0. The SMILES string of the molecule is CC(C)C(=O)[C@H]1CCCN(c2c(F)cccc2Br)C1=O. The van der Waals surface area contributed by atoms with Crippen LogP contribution < -0.4 is 4.90 Å². The Morgan fingerprint density at radius 2 is 2.15 bits per heavy atom. The number of carbonyl (C=O) groups excluding carboxylic acids is 2. The molecule has 108 valence electrons. The summed E-state index contributed by atoms with van der Waals surface area (Å²) in [7, 11) is 0. The molecule has 0 aliphatic carbocycles. The van der Waals surface area contributed by atoms with Gasteiger partial charge in [0.05, 0.1) is 11.6 Å². The van der Waals surface area contributed by atoms with Crippen molar-refractivity contribution in [1.29, 1.82) is 0 Å². The molecule has 3 nitrogen and oxygen atoms in total. The number of rotatable bonds is 3. The Labute approximate surface area is 126 Å². The summed E-state index contributed by atoms with van der Waals surface area (Å²) in [5.74, 6) is -1.64. The molecular formula is C15H17BrFNO2. The Hall–Kier alpha value is -1.23. The van der Waals surface area contributed by atoms with Crippen molar-refractivity contribution in [3.05, 3.63) is 28.5 Å². The molecule has 1 aliphatic rings. The number of Topliss-reactive ketones (excluding diaryl/α,β-unsaturated/α-hetero) is 1. The quantitative estimate of drug-likeness (QED) is 0.788. The molecule has 0 spiro atoms. The first-order valence-corrected chi connectivity index (χ1v) is 7.52. The van der Waals surface area contributed by atoms with Gasteiger partial charge < -0.3 is 4.90 Å². The third-order valence-corrected chi connectivity index (χ3v) is 4.20. The second-order valence-electron chi connectivity index (χ2n) is 5.31. The molecule has 5 heteroatoms. The minimum absolute atomic E-state index is 0.0628. The second kappa shape index (κ2) is 6.04. The normalized spacial score (nSPS) is 19.6. The van der Waals surface area contributed by atoms with E-state index in [1.54, 1.807) is 26.0 Å². The minimum Gasteiger partial charge on any atom is -0.308 e. The van der Waals surface area contributed by atoms with Gasteiger partial charge in [0.2, 0.25) is 5.91 Å². The molecule has 0 N–H and O–H groups in total. The summed E-state index contributed by atoms with van der Waals surface area (Å²) in [5.41, 5.74) is 0.235. The number of piperidine rings is 1. The highest BCUT2D eigenvalue weighted by molar-refractivity contribution is 9.10. The molecule has 1 fully saturated rings. The number of anilines is 1. The van der Waals surface area contributed by atoms with Crippen molar-refractivity contribution >= 4 is 33.3 Å². The molecule has 2 rings (SSSR count). The van der Waals surface area contributed by atoms with E-state index in [-0.39, 0.29) is 23.3 Å². The van der Waals surface area contributed by atoms with Crippen LogP contribution in [0.15, 0.2) is 22.7 Å². The maximum Gasteiger partial charge on any atom is 0.237 e. The predicted octanol–water partition coefficient (Wildman–Crippen LogP) is 3.56. The Morgan fingerprint density at radius 3 is 2.75 bits per heavy atom. The van der Waals surface area contributed by atoms with Gasteiger partial charge in [-0.05, 0) is 40.9 Å². The van der Waals surface area contributed by atoms with Gasteiger partial charge in [0.1, 0.15) is 11.6 Å². The number of para-hydroxylation sites is 1. The van der Waals surface area contributed by atoms with Crippen molar-refractivity contribution in [3.63, 3.8) is 0 Å². The van der Waals surface area contributed by atoms with Gasteiger partial charge in [0.25, 0.3) is 0 Å². The maximum atomic E-state index is 14.0. The van der Waals surface area contributed by atoms with E-state index in [0.29, 0.717) is 23.9 Å². The smallest absolute Gasteiger partial charge is 0.237 e. The van der Waals surface area contributed by atoms with Crippen molar-refractivity contribution in [2.45, 2.75) is 26.7 Å². The van der Waals surface area contributed by atoms with Crippen LogP contribution >= 0.6 is 15.9 Å². The summed E-state index contributed by atoms with van der Waals surface area (Å²) < 4.78 is 14.5. The highest BCUT2D eigenvalue weighted by Crippen LogP contribution is 2.33. The van der Waals surface area contributed by atoms with E-state index >= 15 is 0 Å². The van der Waals surface area contributed by atoms with Crippen LogP contribution in [0.2, 0.25) is 0 Å². The standard InChI is InChI=1S/C15H17BrFNO2/c1-9(2)14(19)10-5-4-8-18(15(10)20)13-11(16)6-3-7-12(13)17/h3,6-7,9-10H,4-5,8H2,1-2H3/t10-/m1/s1. The Bertz CT molecular complexity index is 524. The highest BCUT2D eigenvalue weighted by atomic mass is 79.9. The lowest BCUT2D eigenvalue weighted by Gasteiger charge is -2.33. The molecule has 1 aliphatic heterocycles. The molecule has 1 amide bonds. The average molecular weight is 342 g/mol. The number of amides is 1. The summed E-state index contributed by atoms with van der Waals surface area (Å²) in [6.45, 7) is 4.02. The lowest BCUT2D eigenvalue weighted by atomic mass is 9.87. The molecule has 0 radical (unpaired) electrons. The zero-order chi connectivity index (χ0) is 14.9. The molecule has 0 aromatic heterocycles. The average Bonchev–Trinajstić information content (AvgIpc) is 2.39. The fraction of sp³-hybridized carbons (Fsp3) is 0.467. The van der Waals surface area contributed by atoms with E-state index in [4.69, 9.17) is 0 Å². The largest absolute Gasteiger partial charge is 0.308 e. The zero-order valence-electron chi connectivity index (χ0n) is 11.5. The third-order valence-electron chi connectivity index (χ3n) is 3.56. The molecule has 0 unspecified atom stereocenters. The van der Waals surface area contributed by atoms with Gasteiger partial charge in [-0.15, -0.1) is 0 Å². The lowest BCUT2D eigenvalue weighted by Crippen LogP contribution is -2.45. The van der Waals surface area contributed by atoms with Gasteiger partial charge in [0, 0.05) is 16.9 Å². The lowest BCUT2D eigenvalue weighted by molar-refractivity contribution is -0.135. The van der Waals surface area contributed by atoms with Crippen molar-refractivity contribution in [3.8, 4) is 0 Å². The van der Waals surface area contributed by atoms with Crippen LogP contribution in [0.5, 0.6) is 0 Å².